The van der Waals surface area contributed by atoms with Gasteiger partial charge in [-0.1, -0.05) is 35.9 Å². The average molecular weight is 300 g/mol. The Morgan fingerprint density at radius 3 is 2.71 bits per heavy atom. The maximum Gasteiger partial charge on any atom is 0.146 e. The fourth-order valence-electron chi connectivity index (χ4n) is 2.09. The molecule has 1 N–H and O–H groups in total. The Kier molecular flexibility index (Phi) is 3.78. The summed E-state index contributed by atoms with van der Waals surface area (Å²) in [4.78, 5) is 4.34. The molecule has 2 aromatic carbocycles. The number of ether oxygens (including phenoxy) is 1. The molecule has 3 rings (SSSR count). The van der Waals surface area contributed by atoms with Gasteiger partial charge in [-0.2, -0.15) is 0 Å². The van der Waals surface area contributed by atoms with Crippen LogP contribution in [-0.2, 0) is 0 Å². The lowest BCUT2D eigenvalue weighted by Crippen LogP contribution is -1.92. The van der Waals surface area contributed by atoms with Crippen molar-refractivity contribution in [1.82, 2.24) is 4.98 Å². The lowest BCUT2D eigenvalue weighted by molar-refractivity contribution is 0.199. The molecule has 0 spiro atoms. The molecule has 1 heterocycles. The molecule has 106 valence electrons. The molecule has 1 aromatic heterocycles. The lowest BCUT2D eigenvalue weighted by Gasteiger charge is -2.10. The summed E-state index contributed by atoms with van der Waals surface area (Å²) in [5, 5.41) is 11.0. The van der Waals surface area contributed by atoms with E-state index in [4.69, 9.17) is 16.3 Å². The van der Waals surface area contributed by atoms with E-state index >= 15 is 0 Å². The fraction of sp³-hybridized carbons (Fsp3) is 0.118. The highest BCUT2D eigenvalue weighted by molar-refractivity contribution is 6.32. The minimum atomic E-state index is -0.557. The van der Waals surface area contributed by atoms with Crippen LogP contribution in [-0.4, -0.2) is 10.1 Å². The quantitative estimate of drug-likeness (QED) is 0.760. The molecule has 0 fully saturated rings. The zero-order chi connectivity index (χ0) is 14.8. The Bertz CT molecular complexity index is 787. The van der Waals surface area contributed by atoms with Crippen molar-refractivity contribution in [3.63, 3.8) is 0 Å². The van der Waals surface area contributed by atoms with Gasteiger partial charge in [-0.15, -0.1) is 0 Å². The second-order valence-electron chi connectivity index (χ2n) is 4.83. The van der Waals surface area contributed by atoms with Crippen LogP contribution in [0.3, 0.4) is 0 Å². The normalized spacial score (nSPS) is 12.3. The molecule has 0 radical (unpaired) electrons. The van der Waals surface area contributed by atoms with E-state index in [2.05, 4.69) is 4.98 Å². The Morgan fingerprint density at radius 1 is 1.14 bits per heavy atom. The molecule has 0 unspecified atom stereocenters. The van der Waals surface area contributed by atoms with Crippen LogP contribution in [0.4, 0.5) is 0 Å². The van der Waals surface area contributed by atoms with Crippen LogP contribution in [0, 0.1) is 0 Å². The second-order valence-corrected chi connectivity index (χ2v) is 5.24. The smallest absolute Gasteiger partial charge is 0.146 e. The van der Waals surface area contributed by atoms with Gasteiger partial charge in [-0.25, -0.2) is 0 Å². The van der Waals surface area contributed by atoms with Crippen LogP contribution in [0.1, 0.15) is 18.6 Å². The van der Waals surface area contributed by atoms with E-state index in [1.807, 2.05) is 30.3 Å². The molecule has 1 atom stereocenters. The third kappa shape index (κ3) is 2.99. The van der Waals surface area contributed by atoms with Crippen LogP contribution in [0.25, 0.3) is 10.9 Å². The fourth-order valence-corrected chi connectivity index (χ4v) is 2.32. The summed E-state index contributed by atoms with van der Waals surface area (Å²) in [6.45, 7) is 1.69. The Morgan fingerprint density at radius 2 is 1.95 bits per heavy atom. The maximum absolute atomic E-state index is 9.54. The largest absolute Gasteiger partial charge is 0.454 e. The van der Waals surface area contributed by atoms with Gasteiger partial charge in [0.05, 0.1) is 22.8 Å². The Labute approximate surface area is 127 Å². The molecule has 0 saturated carbocycles. The summed E-state index contributed by atoms with van der Waals surface area (Å²) in [6, 6.07) is 15.0. The number of fused-ring (bicyclic) bond motifs is 1. The van der Waals surface area contributed by atoms with E-state index in [1.54, 1.807) is 31.3 Å². The summed E-state index contributed by atoms with van der Waals surface area (Å²) in [5.41, 5.74) is 1.67. The monoisotopic (exact) mass is 299 g/mol. The number of hydrogen-bond acceptors (Lipinski definition) is 3. The van der Waals surface area contributed by atoms with E-state index < -0.39 is 6.10 Å². The minimum Gasteiger partial charge on any atom is -0.454 e. The SMILES string of the molecule is C[C@H](O)c1ccc(Oc2cnc3ccccc3c2)c(Cl)c1. The number of para-hydroxylation sites is 1. The second kappa shape index (κ2) is 5.72. The van der Waals surface area contributed by atoms with Gasteiger partial charge in [-0.3, -0.25) is 4.98 Å². The number of pyridine rings is 1. The van der Waals surface area contributed by atoms with Gasteiger partial charge < -0.3 is 9.84 Å². The Balaban J connectivity index is 1.91. The number of hydrogen-bond donors (Lipinski definition) is 1. The summed E-state index contributed by atoms with van der Waals surface area (Å²) < 4.78 is 5.78. The van der Waals surface area contributed by atoms with Crippen LogP contribution < -0.4 is 4.74 Å². The minimum absolute atomic E-state index is 0.460. The first kappa shape index (κ1) is 13.9. The Hall–Kier alpha value is -2.10. The van der Waals surface area contributed by atoms with Crippen molar-refractivity contribution in [3.8, 4) is 11.5 Å². The summed E-state index contributed by atoms with van der Waals surface area (Å²) >= 11 is 6.19. The van der Waals surface area contributed by atoms with Crippen molar-refractivity contribution >= 4 is 22.5 Å². The van der Waals surface area contributed by atoms with E-state index in [9.17, 15) is 5.11 Å². The molecule has 21 heavy (non-hydrogen) atoms. The zero-order valence-corrected chi connectivity index (χ0v) is 12.2. The van der Waals surface area contributed by atoms with Gasteiger partial charge >= 0.3 is 0 Å². The third-order valence-electron chi connectivity index (χ3n) is 3.23. The van der Waals surface area contributed by atoms with Crippen molar-refractivity contribution in [2.24, 2.45) is 0 Å². The highest BCUT2D eigenvalue weighted by atomic mass is 35.5. The average Bonchev–Trinajstić information content (AvgIpc) is 2.49. The molecular weight excluding hydrogens is 286 g/mol. The van der Waals surface area contributed by atoms with Gasteiger partial charge in [0.25, 0.3) is 0 Å². The van der Waals surface area contributed by atoms with Crippen molar-refractivity contribution in [1.29, 1.82) is 0 Å². The van der Waals surface area contributed by atoms with Crippen molar-refractivity contribution in [2.75, 3.05) is 0 Å². The van der Waals surface area contributed by atoms with Gasteiger partial charge in [0.1, 0.15) is 11.5 Å². The van der Waals surface area contributed by atoms with Gasteiger partial charge in [0.2, 0.25) is 0 Å². The molecule has 0 bridgehead atoms. The highest BCUT2D eigenvalue weighted by Gasteiger charge is 2.08. The number of rotatable bonds is 3. The van der Waals surface area contributed by atoms with Crippen LogP contribution in [0.5, 0.6) is 11.5 Å². The van der Waals surface area contributed by atoms with Crippen molar-refractivity contribution < 1.29 is 9.84 Å². The molecule has 0 saturated heterocycles. The molecule has 3 nitrogen and oxygen atoms in total. The number of halogens is 1. The van der Waals surface area contributed by atoms with E-state index in [0.717, 1.165) is 16.5 Å². The molecule has 0 aliphatic rings. The van der Waals surface area contributed by atoms with Gasteiger partial charge in [0, 0.05) is 5.39 Å². The summed E-state index contributed by atoms with van der Waals surface area (Å²) in [5.74, 6) is 1.17. The maximum atomic E-state index is 9.54. The van der Waals surface area contributed by atoms with Crippen LogP contribution in [0.15, 0.2) is 54.7 Å². The van der Waals surface area contributed by atoms with E-state index in [0.29, 0.717) is 16.5 Å². The van der Waals surface area contributed by atoms with Gasteiger partial charge in [-0.05, 0) is 36.8 Å². The first-order valence-corrected chi connectivity index (χ1v) is 7.01. The lowest BCUT2D eigenvalue weighted by atomic mass is 10.1. The molecule has 0 aliphatic carbocycles. The predicted molar refractivity (Wildman–Crippen MR) is 83.9 cm³/mol. The molecule has 3 aromatic rings. The van der Waals surface area contributed by atoms with E-state index in [-0.39, 0.29) is 0 Å². The third-order valence-corrected chi connectivity index (χ3v) is 3.53. The highest BCUT2D eigenvalue weighted by Crippen LogP contribution is 2.32. The van der Waals surface area contributed by atoms with Crippen LogP contribution in [0.2, 0.25) is 5.02 Å². The predicted octanol–water partition coefficient (Wildman–Crippen LogP) is 4.73. The number of benzene rings is 2. The first-order chi connectivity index (χ1) is 10.1. The zero-order valence-electron chi connectivity index (χ0n) is 11.5. The number of aromatic nitrogens is 1. The van der Waals surface area contributed by atoms with E-state index in [1.165, 1.54) is 0 Å². The molecule has 0 aliphatic heterocycles. The first-order valence-electron chi connectivity index (χ1n) is 6.63. The van der Waals surface area contributed by atoms with Crippen LogP contribution >= 0.6 is 11.6 Å². The molecular formula is C17H14ClNO2. The van der Waals surface area contributed by atoms with Gasteiger partial charge in [0.15, 0.2) is 0 Å². The number of aliphatic hydroxyl groups is 1. The summed E-state index contributed by atoms with van der Waals surface area (Å²) in [6.07, 6.45) is 1.11. The summed E-state index contributed by atoms with van der Waals surface area (Å²) in [7, 11) is 0. The number of nitrogens with zero attached hydrogens (tertiary/aromatic N) is 1. The standard InChI is InChI=1S/C17H14ClNO2/c1-11(20)12-6-7-17(15(18)9-12)21-14-8-13-4-2-3-5-16(13)19-10-14/h2-11,20H,1H3/t11-/m0/s1. The topological polar surface area (TPSA) is 42.4 Å². The van der Waals surface area contributed by atoms with Crippen molar-refractivity contribution in [2.45, 2.75) is 13.0 Å². The van der Waals surface area contributed by atoms with Crippen molar-refractivity contribution in [3.05, 3.63) is 65.3 Å². The molecule has 4 heteroatoms. The molecule has 0 amide bonds. The number of aliphatic hydroxyl groups excluding tert-OH is 1.